The van der Waals surface area contributed by atoms with Crippen LogP contribution >= 0.6 is 0 Å². The summed E-state index contributed by atoms with van der Waals surface area (Å²) in [6, 6.07) is 3.84. The van der Waals surface area contributed by atoms with Gasteiger partial charge in [0.2, 0.25) is 0 Å². The van der Waals surface area contributed by atoms with Gasteiger partial charge < -0.3 is 20.7 Å². The second-order valence-electron chi connectivity index (χ2n) is 6.39. The molecular weight excluding hydrogens is 268 g/mol. The van der Waals surface area contributed by atoms with Gasteiger partial charge in [-0.15, -0.1) is 0 Å². The molecule has 1 atom stereocenters. The number of anilines is 2. The van der Waals surface area contributed by atoms with E-state index >= 15 is 0 Å². The summed E-state index contributed by atoms with van der Waals surface area (Å²) in [5, 5.41) is 3.34. The molecule has 6 nitrogen and oxygen atoms in total. The highest BCUT2D eigenvalue weighted by molar-refractivity contribution is 5.68. The molecule has 1 fully saturated rings. The van der Waals surface area contributed by atoms with Crippen LogP contribution in [0, 0.1) is 0 Å². The quantitative estimate of drug-likeness (QED) is 0.875. The van der Waals surface area contributed by atoms with Crippen LogP contribution in [0.3, 0.4) is 0 Å². The number of hydrogen-bond donors (Lipinski definition) is 2. The van der Waals surface area contributed by atoms with E-state index in [4.69, 9.17) is 10.5 Å². The van der Waals surface area contributed by atoms with Gasteiger partial charge >= 0.3 is 6.09 Å². The van der Waals surface area contributed by atoms with Crippen LogP contribution in [0.15, 0.2) is 18.3 Å². The minimum Gasteiger partial charge on any atom is -0.444 e. The van der Waals surface area contributed by atoms with E-state index in [0.717, 1.165) is 25.2 Å². The third-order valence-electron chi connectivity index (χ3n) is 3.21. The average Bonchev–Trinajstić information content (AvgIpc) is 2.40. The summed E-state index contributed by atoms with van der Waals surface area (Å²) in [5.74, 6) is 0.778. The molecule has 3 N–H and O–H groups in total. The van der Waals surface area contributed by atoms with Crippen LogP contribution in [0.4, 0.5) is 16.3 Å². The molecule has 0 spiro atoms. The van der Waals surface area contributed by atoms with Crippen molar-refractivity contribution in [2.45, 2.75) is 45.3 Å². The molecule has 0 aliphatic carbocycles. The Hall–Kier alpha value is -1.98. The number of likely N-dealkylation sites (tertiary alicyclic amines) is 1. The number of rotatable bonds is 2. The van der Waals surface area contributed by atoms with Crippen molar-refractivity contribution >= 4 is 17.6 Å². The summed E-state index contributed by atoms with van der Waals surface area (Å²) in [4.78, 5) is 18.1. The Balaban J connectivity index is 1.91. The molecule has 1 aliphatic heterocycles. The molecule has 0 radical (unpaired) electrons. The number of carbonyl (C=O) groups excluding carboxylic acids is 1. The van der Waals surface area contributed by atoms with Crippen molar-refractivity contribution in [3.05, 3.63) is 18.3 Å². The molecule has 1 aromatic heterocycles. The Bertz CT molecular complexity index is 481. The first-order valence-corrected chi connectivity index (χ1v) is 7.29. The summed E-state index contributed by atoms with van der Waals surface area (Å²) < 4.78 is 5.42. The third-order valence-corrected chi connectivity index (χ3v) is 3.21. The molecule has 1 saturated heterocycles. The van der Waals surface area contributed by atoms with E-state index in [9.17, 15) is 4.79 Å². The minimum absolute atomic E-state index is 0.183. The molecule has 2 rings (SSSR count). The minimum atomic E-state index is -0.462. The zero-order valence-electron chi connectivity index (χ0n) is 12.9. The van der Waals surface area contributed by atoms with E-state index in [1.165, 1.54) is 0 Å². The highest BCUT2D eigenvalue weighted by atomic mass is 16.6. The fourth-order valence-electron chi connectivity index (χ4n) is 2.29. The highest BCUT2D eigenvalue weighted by Crippen LogP contribution is 2.18. The van der Waals surface area contributed by atoms with Gasteiger partial charge in [0.25, 0.3) is 0 Å². The lowest BCUT2D eigenvalue weighted by Gasteiger charge is -2.34. The summed E-state index contributed by atoms with van der Waals surface area (Å²) in [6.45, 7) is 7.00. The molecule has 1 unspecified atom stereocenters. The van der Waals surface area contributed by atoms with Gasteiger partial charge in [-0.1, -0.05) is 0 Å². The van der Waals surface area contributed by atoms with Crippen molar-refractivity contribution < 1.29 is 9.53 Å². The zero-order chi connectivity index (χ0) is 15.5. The van der Waals surface area contributed by atoms with Crippen LogP contribution in [0.25, 0.3) is 0 Å². The van der Waals surface area contributed by atoms with Crippen LogP contribution in [0.5, 0.6) is 0 Å². The lowest BCUT2D eigenvalue weighted by molar-refractivity contribution is 0.0206. The van der Waals surface area contributed by atoms with E-state index in [-0.39, 0.29) is 12.1 Å². The molecule has 0 bridgehead atoms. The smallest absolute Gasteiger partial charge is 0.410 e. The van der Waals surface area contributed by atoms with E-state index < -0.39 is 5.60 Å². The van der Waals surface area contributed by atoms with Crippen molar-refractivity contribution in [2.75, 3.05) is 24.1 Å². The number of ether oxygens (including phenoxy) is 1. The third kappa shape index (κ3) is 4.81. The monoisotopic (exact) mass is 292 g/mol. The summed E-state index contributed by atoms with van der Waals surface area (Å²) in [6.07, 6.45) is 3.33. The Morgan fingerprint density at radius 2 is 2.24 bits per heavy atom. The van der Waals surface area contributed by atoms with Crippen molar-refractivity contribution in [2.24, 2.45) is 0 Å². The zero-order valence-corrected chi connectivity index (χ0v) is 12.9. The van der Waals surface area contributed by atoms with Crippen molar-refractivity contribution in [3.8, 4) is 0 Å². The average molecular weight is 292 g/mol. The normalized spacial score (nSPS) is 19.2. The second-order valence-corrected chi connectivity index (χ2v) is 6.39. The van der Waals surface area contributed by atoms with Gasteiger partial charge in [0, 0.05) is 19.1 Å². The molecular formula is C15H24N4O2. The summed E-state index contributed by atoms with van der Waals surface area (Å²) in [7, 11) is 0. The van der Waals surface area contributed by atoms with Crippen LogP contribution in [-0.4, -0.2) is 40.7 Å². The van der Waals surface area contributed by atoms with E-state index in [0.29, 0.717) is 12.2 Å². The predicted molar refractivity (Wildman–Crippen MR) is 83.1 cm³/mol. The lowest BCUT2D eigenvalue weighted by atomic mass is 10.1. The number of amides is 1. The number of nitrogens with one attached hydrogen (secondary N) is 1. The molecule has 116 valence electrons. The van der Waals surface area contributed by atoms with Crippen molar-refractivity contribution in [3.63, 3.8) is 0 Å². The van der Waals surface area contributed by atoms with Crippen LogP contribution in [0.1, 0.15) is 33.6 Å². The first-order valence-electron chi connectivity index (χ1n) is 7.29. The number of nitrogens with zero attached hydrogens (tertiary/aromatic N) is 2. The van der Waals surface area contributed by atoms with Crippen LogP contribution in [0.2, 0.25) is 0 Å². The molecule has 0 saturated carbocycles. The molecule has 21 heavy (non-hydrogen) atoms. The SMILES string of the molecule is CC(C)(C)OC(=O)N1CCCC(Nc2ccc(N)cn2)C1. The van der Waals surface area contributed by atoms with Crippen LogP contribution in [-0.2, 0) is 4.74 Å². The molecule has 0 aromatic carbocycles. The van der Waals surface area contributed by atoms with Gasteiger partial charge in [-0.05, 0) is 45.7 Å². The molecule has 1 aliphatic rings. The van der Waals surface area contributed by atoms with Gasteiger partial charge in [-0.2, -0.15) is 0 Å². The standard InChI is InChI=1S/C15H24N4O2/c1-15(2,3)21-14(20)19-8-4-5-12(10-19)18-13-7-6-11(16)9-17-13/h6-7,9,12H,4-5,8,10,16H2,1-3H3,(H,17,18). The second kappa shape index (κ2) is 6.20. The van der Waals surface area contributed by atoms with Gasteiger partial charge in [-0.3, -0.25) is 0 Å². The fraction of sp³-hybridized carbons (Fsp3) is 0.600. The number of carbonyl (C=O) groups is 1. The number of aromatic nitrogens is 1. The first-order chi connectivity index (χ1) is 9.83. The van der Waals surface area contributed by atoms with E-state index in [2.05, 4.69) is 10.3 Å². The van der Waals surface area contributed by atoms with E-state index in [1.54, 1.807) is 11.1 Å². The first kappa shape index (κ1) is 15.4. The van der Waals surface area contributed by atoms with Gasteiger partial charge in [-0.25, -0.2) is 9.78 Å². The summed E-state index contributed by atoms with van der Waals surface area (Å²) in [5.41, 5.74) is 5.80. The predicted octanol–water partition coefficient (Wildman–Crippen LogP) is 2.48. The Kier molecular flexibility index (Phi) is 4.55. The maximum atomic E-state index is 12.1. The summed E-state index contributed by atoms with van der Waals surface area (Å²) >= 11 is 0. The maximum absolute atomic E-state index is 12.1. The van der Waals surface area contributed by atoms with E-state index in [1.807, 2.05) is 32.9 Å². The number of piperidine rings is 1. The van der Waals surface area contributed by atoms with Crippen molar-refractivity contribution in [1.29, 1.82) is 0 Å². The lowest BCUT2D eigenvalue weighted by Crippen LogP contribution is -2.47. The molecule has 6 heteroatoms. The maximum Gasteiger partial charge on any atom is 0.410 e. The Labute approximate surface area is 125 Å². The fourth-order valence-corrected chi connectivity index (χ4v) is 2.29. The number of pyridine rings is 1. The molecule has 1 amide bonds. The molecule has 1 aromatic rings. The van der Waals surface area contributed by atoms with Gasteiger partial charge in [0.15, 0.2) is 0 Å². The largest absolute Gasteiger partial charge is 0.444 e. The van der Waals surface area contributed by atoms with Gasteiger partial charge in [0.1, 0.15) is 11.4 Å². The molecule has 2 heterocycles. The van der Waals surface area contributed by atoms with Gasteiger partial charge in [0.05, 0.1) is 11.9 Å². The number of nitrogens with two attached hydrogens (primary N) is 1. The Morgan fingerprint density at radius 1 is 1.48 bits per heavy atom. The highest BCUT2D eigenvalue weighted by Gasteiger charge is 2.27. The number of hydrogen-bond acceptors (Lipinski definition) is 5. The Morgan fingerprint density at radius 3 is 2.86 bits per heavy atom. The van der Waals surface area contributed by atoms with Crippen molar-refractivity contribution in [1.82, 2.24) is 9.88 Å². The topological polar surface area (TPSA) is 80.5 Å². The number of nitrogen functional groups attached to an aromatic ring is 1. The van der Waals surface area contributed by atoms with Crippen LogP contribution < -0.4 is 11.1 Å².